The summed E-state index contributed by atoms with van der Waals surface area (Å²) in [6, 6.07) is 2.33. The van der Waals surface area contributed by atoms with Gasteiger partial charge in [0, 0.05) is 18.3 Å². The molecule has 2 aliphatic rings. The van der Waals surface area contributed by atoms with Crippen LogP contribution in [0.4, 0.5) is 19.4 Å². The van der Waals surface area contributed by atoms with Gasteiger partial charge in [-0.2, -0.15) is 0 Å². The Bertz CT molecular complexity index is 901. The molecule has 0 bridgehead atoms. The fourth-order valence-corrected chi connectivity index (χ4v) is 3.97. The Balaban J connectivity index is 2.05. The summed E-state index contributed by atoms with van der Waals surface area (Å²) in [6.07, 6.45) is 4.62. The molecule has 132 valence electrons. The molecule has 4 nitrogen and oxygen atoms in total. The third-order valence-corrected chi connectivity index (χ3v) is 5.78. The van der Waals surface area contributed by atoms with Crippen LogP contribution in [0.1, 0.15) is 5.56 Å². The molecule has 0 atom stereocenters. The van der Waals surface area contributed by atoms with E-state index in [0.717, 1.165) is 12.1 Å². The molecule has 0 aromatic heterocycles. The van der Waals surface area contributed by atoms with Gasteiger partial charge in [-0.1, -0.05) is 31.6 Å². The minimum Gasteiger partial charge on any atom is -0.331 e. The summed E-state index contributed by atoms with van der Waals surface area (Å²) in [6.45, 7) is 0.151. The summed E-state index contributed by atoms with van der Waals surface area (Å²) in [4.78, 5) is -0.463. The standard InChI is InChI=1S/C13H11F5N2O2S2/c14-24(15,16,17,18)11-5-3-10(4-6-11)12-2-1-7-20-8-9-23(21,22)19-13(12)20/h1-7H,8-9H2. The summed E-state index contributed by atoms with van der Waals surface area (Å²) in [7, 11) is -13.4. The van der Waals surface area contributed by atoms with Crippen molar-refractivity contribution in [2.24, 2.45) is 4.40 Å². The van der Waals surface area contributed by atoms with E-state index in [9.17, 15) is 27.8 Å². The number of sulfonamides is 1. The number of fused-ring (bicyclic) bond motifs is 1. The van der Waals surface area contributed by atoms with Crippen molar-refractivity contribution in [3.05, 3.63) is 48.2 Å². The first-order valence-corrected chi connectivity index (χ1v) is 10.1. The van der Waals surface area contributed by atoms with Crippen LogP contribution in [-0.4, -0.2) is 31.5 Å². The van der Waals surface area contributed by atoms with Crippen LogP contribution in [-0.2, 0) is 10.0 Å². The van der Waals surface area contributed by atoms with E-state index < -0.39 is 25.1 Å². The topological polar surface area (TPSA) is 49.7 Å². The van der Waals surface area contributed by atoms with E-state index in [4.69, 9.17) is 0 Å². The van der Waals surface area contributed by atoms with Crippen LogP contribution in [0.5, 0.6) is 0 Å². The first kappa shape index (κ1) is 17.0. The SMILES string of the molecule is O=S1(=O)CCN2C=CC=C(c3ccc(S(F)(F)(F)(F)F)cc3)C2=N1. The highest BCUT2D eigenvalue weighted by Gasteiger charge is 2.65. The third kappa shape index (κ3) is 3.31. The monoisotopic (exact) mass is 386 g/mol. The number of halogens is 5. The molecule has 11 heteroatoms. The summed E-state index contributed by atoms with van der Waals surface area (Å²) in [5, 5.41) is 0. The van der Waals surface area contributed by atoms with Crippen LogP contribution < -0.4 is 0 Å². The van der Waals surface area contributed by atoms with E-state index in [0.29, 0.717) is 0 Å². The van der Waals surface area contributed by atoms with Crippen molar-refractivity contribution in [1.82, 2.24) is 4.90 Å². The zero-order valence-electron chi connectivity index (χ0n) is 11.9. The second-order valence-corrected chi connectivity index (χ2v) is 9.47. The van der Waals surface area contributed by atoms with E-state index in [1.165, 1.54) is 11.0 Å². The van der Waals surface area contributed by atoms with Gasteiger partial charge in [-0.05, 0) is 29.8 Å². The van der Waals surface area contributed by atoms with E-state index in [-0.39, 0.29) is 41.4 Å². The summed E-state index contributed by atoms with van der Waals surface area (Å²) in [5.41, 5.74) is 0.403. The van der Waals surface area contributed by atoms with E-state index >= 15 is 0 Å². The van der Waals surface area contributed by atoms with Gasteiger partial charge in [0.15, 0.2) is 5.84 Å². The molecule has 0 unspecified atom stereocenters. The van der Waals surface area contributed by atoms with Crippen molar-refractivity contribution in [2.75, 3.05) is 12.3 Å². The molecule has 24 heavy (non-hydrogen) atoms. The van der Waals surface area contributed by atoms with Crippen molar-refractivity contribution >= 4 is 31.7 Å². The van der Waals surface area contributed by atoms with Gasteiger partial charge in [-0.15, -0.1) is 4.40 Å². The molecule has 0 saturated heterocycles. The van der Waals surface area contributed by atoms with E-state index in [2.05, 4.69) is 4.40 Å². The number of allylic oxidation sites excluding steroid dienone is 2. The maximum atomic E-state index is 12.8. The lowest BCUT2D eigenvalue weighted by molar-refractivity contribution is 0.364. The fraction of sp³-hybridized carbons (Fsp3) is 0.154. The Labute approximate surface area is 134 Å². The quantitative estimate of drug-likeness (QED) is 0.712. The van der Waals surface area contributed by atoms with Crippen molar-refractivity contribution < 1.29 is 27.8 Å². The molecule has 0 aliphatic carbocycles. The molecule has 0 fully saturated rings. The smallest absolute Gasteiger partial charge is 0.310 e. The normalized spacial score (nSPS) is 22.8. The highest BCUT2D eigenvalue weighted by molar-refractivity contribution is 8.45. The Morgan fingerprint density at radius 2 is 1.67 bits per heavy atom. The first-order chi connectivity index (χ1) is 10.8. The highest BCUT2D eigenvalue weighted by atomic mass is 32.5. The molecule has 2 aliphatic heterocycles. The first-order valence-electron chi connectivity index (χ1n) is 6.58. The van der Waals surface area contributed by atoms with Crippen LogP contribution in [0.15, 0.2) is 51.9 Å². The third-order valence-electron chi connectivity index (χ3n) is 3.47. The highest BCUT2D eigenvalue weighted by Crippen LogP contribution is 3.02. The van der Waals surface area contributed by atoms with Crippen molar-refractivity contribution in [1.29, 1.82) is 0 Å². The Hall–Kier alpha value is -1.88. The number of benzene rings is 1. The molecule has 2 heterocycles. The van der Waals surface area contributed by atoms with Crippen LogP contribution in [0.25, 0.3) is 5.57 Å². The molecule has 1 aromatic rings. The van der Waals surface area contributed by atoms with Crippen LogP contribution in [0, 0.1) is 0 Å². The molecule has 0 spiro atoms. The minimum absolute atomic E-state index is 0.0591. The maximum Gasteiger partial charge on any atom is 0.310 e. The molecule has 1 aromatic carbocycles. The van der Waals surface area contributed by atoms with Gasteiger partial charge in [0.1, 0.15) is 4.90 Å². The minimum atomic E-state index is -9.74. The predicted octanol–water partition coefficient (Wildman–Crippen LogP) is 4.30. The maximum absolute atomic E-state index is 12.8. The number of amidine groups is 1. The average Bonchev–Trinajstić information content (AvgIpc) is 2.43. The Morgan fingerprint density at radius 1 is 1.04 bits per heavy atom. The molecule has 0 saturated carbocycles. The molecule has 0 radical (unpaired) electrons. The van der Waals surface area contributed by atoms with Crippen molar-refractivity contribution in [3.63, 3.8) is 0 Å². The van der Waals surface area contributed by atoms with Crippen LogP contribution in [0.3, 0.4) is 0 Å². The largest absolute Gasteiger partial charge is 0.331 e. The van der Waals surface area contributed by atoms with Gasteiger partial charge in [-0.25, -0.2) is 8.42 Å². The molecular weight excluding hydrogens is 375 g/mol. The van der Waals surface area contributed by atoms with Gasteiger partial charge in [0.2, 0.25) is 0 Å². The number of hydrogen-bond acceptors (Lipinski definition) is 3. The van der Waals surface area contributed by atoms with Crippen molar-refractivity contribution in [3.8, 4) is 0 Å². The lowest BCUT2D eigenvalue weighted by Gasteiger charge is -2.40. The van der Waals surface area contributed by atoms with Crippen LogP contribution in [0.2, 0.25) is 0 Å². The van der Waals surface area contributed by atoms with E-state index in [1.54, 1.807) is 12.3 Å². The van der Waals surface area contributed by atoms with Gasteiger partial charge in [0.05, 0.1) is 5.75 Å². The van der Waals surface area contributed by atoms with Crippen LogP contribution >= 0.6 is 10.2 Å². The summed E-state index contributed by atoms with van der Waals surface area (Å²) in [5.74, 6) is -0.124. The second kappa shape index (κ2) is 4.39. The van der Waals surface area contributed by atoms with Gasteiger partial charge < -0.3 is 4.90 Å². The number of rotatable bonds is 2. The zero-order valence-corrected chi connectivity index (χ0v) is 13.5. The second-order valence-electron chi connectivity index (χ2n) is 5.31. The van der Waals surface area contributed by atoms with Gasteiger partial charge >= 0.3 is 10.2 Å². The van der Waals surface area contributed by atoms with Gasteiger partial charge in [0.25, 0.3) is 10.0 Å². The Morgan fingerprint density at radius 3 is 2.25 bits per heavy atom. The summed E-state index contributed by atoms with van der Waals surface area (Å²) >= 11 is 0. The van der Waals surface area contributed by atoms with E-state index in [1.807, 2.05) is 0 Å². The number of hydrogen-bond donors (Lipinski definition) is 0. The summed E-state index contributed by atoms with van der Waals surface area (Å²) < 4.78 is 90.7. The Kier molecular flexibility index (Phi) is 3.10. The van der Waals surface area contributed by atoms with Crippen molar-refractivity contribution in [2.45, 2.75) is 4.90 Å². The lowest BCUT2D eigenvalue weighted by Crippen LogP contribution is -2.37. The lowest BCUT2D eigenvalue weighted by atomic mass is 10.0. The molecule has 0 N–H and O–H groups in total. The fourth-order valence-electron chi connectivity index (χ4n) is 2.33. The molecule has 0 amide bonds. The number of nitrogens with zero attached hydrogens (tertiary/aromatic N) is 2. The predicted molar refractivity (Wildman–Crippen MR) is 82.9 cm³/mol. The van der Waals surface area contributed by atoms with Gasteiger partial charge in [-0.3, -0.25) is 0 Å². The molecule has 3 rings (SSSR count). The zero-order chi connectivity index (χ0) is 17.9. The average molecular weight is 386 g/mol. The molecular formula is C13H11F5N2O2S2.